The minimum absolute atomic E-state index is 0.0194. The van der Waals surface area contributed by atoms with E-state index in [2.05, 4.69) is 4.90 Å². The van der Waals surface area contributed by atoms with Crippen molar-refractivity contribution in [3.05, 3.63) is 17.7 Å². The maximum atomic E-state index is 9.32. The quantitative estimate of drug-likeness (QED) is 0.593. The first-order chi connectivity index (χ1) is 6.18. The van der Waals surface area contributed by atoms with Gasteiger partial charge in [-0.25, -0.2) is 0 Å². The van der Waals surface area contributed by atoms with E-state index in [1.165, 1.54) is 0 Å². The summed E-state index contributed by atoms with van der Waals surface area (Å²) in [6, 6.07) is 3.28. The van der Waals surface area contributed by atoms with E-state index >= 15 is 0 Å². The minimum atomic E-state index is -0.0347. The Hall–Kier alpha value is -1.38. The van der Waals surface area contributed by atoms with Gasteiger partial charge >= 0.3 is 0 Å². The number of aryl methyl sites for hydroxylation is 1. The maximum absolute atomic E-state index is 9.32. The third kappa shape index (κ3) is 1.30. The maximum Gasteiger partial charge on any atom is 0.159 e. The number of fused-ring (bicyclic) bond motifs is 1. The summed E-state index contributed by atoms with van der Waals surface area (Å²) in [6.07, 6.45) is 2.08. The highest BCUT2D eigenvalue weighted by atomic mass is 16.3. The summed E-state index contributed by atoms with van der Waals surface area (Å²) in [5.74, 6) is -0.0541. The molecule has 0 unspecified atom stereocenters. The predicted octanol–water partition coefficient (Wildman–Crippen LogP) is 1.48. The Morgan fingerprint density at radius 2 is 1.92 bits per heavy atom. The van der Waals surface area contributed by atoms with Crippen LogP contribution in [0.15, 0.2) is 12.1 Å². The van der Waals surface area contributed by atoms with Crippen LogP contribution in [0, 0.1) is 0 Å². The van der Waals surface area contributed by atoms with Crippen molar-refractivity contribution < 1.29 is 10.2 Å². The molecule has 0 bridgehead atoms. The smallest absolute Gasteiger partial charge is 0.159 e. The SMILES string of the molecule is CN1CCCc2cc(O)c(O)cc21. The van der Waals surface area contributed by atoms with Crippen LogP contribution in [0.25, 0.3) is 0 Å². The van der Waals surface area contributed by atoms with Gasteiger partial charge < -0.3 is 15.1 Å². The average Bonchev–Trinajstić information content (AvgIpc) is 2.09. The molecule has 1 aromatic carbocycles. The van der Waals surface area contributed by atoms with Gasteiger partial charge in [-0.1, -0.05) is 0 Å². The van der Waals surface area contributed by atoms with Gasteiger partial charge in [0.25, 0.3) is 0 Å². The van der Waals surface area contributed by atoms with Crippen LogP contribution < -0.4 is 4.90 Å². The zero-order valence-corrected chi connectivity index (χ0v) is 7.62. The lowest BCUT2D eigenvalue weighted by molar-refractivity contribution is 0.402. The van der Waals surface area contributed by atoms with Gasteiger partial charge in [0.1, 0.15) is 0 Å². The van der Waals surface area contributed by atoms with E-state index in [4.69, 9.17) is 0 Å². The Labute approximate surface area is 77.2 Å². The van der Waals surface area contributed by atoms with Crippen molar-refractivity contribution in [2.24, 2.45) is 0 Å². The second-order valence-corrected chi connectivity index (χ2v) is 3.49. The van der Waals surface area contributed by atoms with Crippen LogP contribution in [0.1, 0.15) is 12.0 Å². The lowest BCUT2D eigenvalue weighted by Crippen LogP contribution is -2.24. The van der Waals surface area contributed by atoms with Crippen molar-refractivity contribution >= 4 is 5.69 Å². The van der Waals surface area contributed by atoms with Gasteiger partial charge in [-0.3, -0.25) is 0 Å². The highest BCUT2D eigenvalue weighted by Crippen LogP contribution is 2.35. The van der Waals surface area contributed by atoms with Crippen molar-refractivity contribution in [1.82, 2.24) is 0 Å². The van der Waals surface area contributed by atoms with Crippen LogP contribution in [0.4, 0.5) is 5.69 Å². The topological polar surface area (TPSA) is 43.7 Å². The molecule has 0 amide bonds. The van der Waals surface area contributed by atoms with Crippen molar-refractivity contribution in [2.45, 2.75) is 12.8 Å². The summed E-state index contributed by atoms with van der Waals surface area (Å²) in [6.45, 7) is 1.01. The molecular formula is C10H13NO2. The Kier molecular flexibility index (Phi) is 1.79. The molecule has 3 nitrogen and oxygen atoms in total. The summed E-state index contributed by atoms with van der Waals surface area (Å²) >= 11 is 0. The molecule has 1 aliphatic rings. The highest BCUT2D eigenvalue weighted by Gasteiger charge is 2.15. The molecule has 0 radical (unpaired) electrons. The number of phenolic OH excluding ortho intramolecular Hbond substituents is 2. The Balaban J connectivity index is 2.52. The zero-order chi connectivity index (χ0) is 9.42. The number of nitrogens with zero attached hydrogens (tertiary/aromatic N) is 1. The van der Waals surface area contributed by atoms with Crippen LogP contribution >= 0.6 is 0 Å². The minimum Gasteiger partial charge on any atom is -0.504 e. The van der Waals surface area contributed by atoms with Crippen LogP contribution in [0.3, 0.4) is 0 Å². The molecule has 1 heterocycles. The first-order valence-electron chi connectivity index (χ1n) is 4.44. The number of phenols is 2. The van der Waals surface area contributed by atoms with Crippen LogP contribution in [0.2, 0.25) is 0 Å². The molecule has 3 heteroatoms. The molecule has 2 N–H and O–H groups in total. The molecule has 0 aromatic heterocycles. The molecule has 13 heavy (non-hydrogen) atoms. The Morgan fingerprint density at radius 3 is 2.69 bits per heavy atom. The fourth-order valence-electron chi connectivity index (χ4n) is 1.79. The zero-order valence-electron chi connectivity index (χ0n) is 7.62. The van der Waals surface area contributed by atoms with Crippen molar-refractivity contribution in [1.29, 1.82) is 0 Å². The van der Waals surface area contributed by atoms with E-state index in [9.17, 15) is 10.2 Å². The molecule has 1 aromatic rings. The van der Waals surface area contributed by atoms with E-state index < -0.39 is 0 Å². The van der Waals surface area contributed by atoms with Gasteiger partial charge in [-0.15, -0.1) is 0 Å². The van der Waals surface area contributed by atoms with E-state index in [0.717, 1.165) is 30.6 Å². The van der Waals surface area contributed by atoms with Crippen molar-refractivity contribution in [3.63, 3.8) is 0 Å². The van der Waals surface area contributed by atoms with Gasteiger partial charge in [0.2, 0.25) is 0 Å². The van der Waals surface area contributed by atoms with E-state index in [0.29, 0.717) is 0 Å². The molecule has 1 aliphatic heterocycles. The Morgan fingerprint density at radius 1 is 1.23 bits per heavy atom. The van der Waals surface area contributed by atoms with Crippen molar-refractivity contribution in [2.75, 3.05) is 18.5 Å². The summed E-state index contributed by atoms with van der Waals surface area (Å²) in [4.78, 5) is 2.10. The third-order valence-corrected chi connectivity index (χ3v) is 2.53. The Bertz CT molecular complexity index is 336. The van der Waals surface area contributed by atoms with Crippen LogP contribution in [0.5, 0.6) is 11.5 Å². The standard InChI is InChI=1S/C10H13NO2/c1-11-4-2-3-7-5-9(12)10(13)6-8(7)11/h5-6,12-13H,2-4H2,1H3. The number of hydrogen-bond acceptors (Lipinski definition) is 3. The third-order valence-electron chi connectivity index (χ3n) is 2.53. The highest BCUT2D eigenvalue weighted by molar-refractivity contribution is 5.62. The monoisotopic (exact) mass is 179 g/mol. The largest absolute Gasteiger partial charge is 0.504 e. The van der Waals surface area contributed by atoms with Crippen LogP contribution in [-0.4, -0.2) is 23.8 Å². The summed E-state index contributed by atoms with van der Waals surface area (Å²) < 4.78 is 0. The summed E-state index contributed by atoms with van der Waals surface area (Å²) in [5, 5.41) is 18.6. The fourth-order valence-corrected chi connectivity index (χ4v) is 1.79. The molecule has 0 saturated heterocycles. The number of rotatable bonds is 0. The summed E-state index contributed by atoms with van der Waals surface area (Å²) in [7, 11) is 1.99. The molecule has 0 fully saturated rings. The number of anilines is 1. The number of benzene rings is 1. The number of aromatic hydroxyl groups is 2. The lowest BCUT2D eigenvalue weighted by Gasteiger charge is -2.27. The first kappa shape index (κ1) is 8.23. The molecule has 0 aliphatic carbocycles. The lowest BCUT2D eigenvalue weighted by atomic mass is 10.0. The summed E-state index contributed by atoms with van der Waals surface area (Å²) in [5.41, 5.74) is 2.14. The van der Waals surface area contributed by atoms with E-state index in [-0.39, 0.29) is 11.5 Å². The van der Waals surface area contributed by atoms with Gasteiger partial charge in [0.05, 0.1) is 0 Å². The normalized spacial score (nSPS) is 15.6. The van der Waals surface area contributed by atoms with Gasteiger partial charge in [0, 0.05) is 25.3 Å². The molecule has 0 saturated carbocycles. The molecular weight excluding hydrogens is 166 g/mol. The second kappa shape index (κ2) is 2.83. The number of hydrogen-bond donors (Lipinski definition) is 2. The second-order valence-electron chi connectivity index (χ2n) is 3.49. The average molecular weight is 179 g/mol. The van der Waals surface area contributed by atoms with Gasteiger partial charge in [-0.05, 0) is 24.5 Å². The van der Waals surface area contributed by atoms with Gasteiger partial charge in [0.15, 0.2) is 11.5 Å². The van der Waals surface area contributed by atoms with Crippen molar-refractivity contribution in [3.8, 4) is 11.5 Å². The van der Waals surface area contributed by atoms with E-state index in [1.807, 2.05) is 7.05 Å². The fraction of sp³-hybridized carbons (Fsp3) is 0.400. The van der Waals surface area contributed by atoms with E-state index in [1.54, 1.807) is 12.1 Å². The molecule has 0 atom stereocenters. The molecule has 2 rings (SSSR count). The molecule has 0 spiro atoms. The van der Waals surface area contributed by atoms with Gasteiger partial charge in [-0.2, -0.15) is 0 Å². The molecule has 70 valence electrons. The van der Waals surface area contributed by atoms with Crippen LogP contribution in [-0.2, 0) is 6.42 Å². The first-order valence-corrected chi connectivity index (χ1v) is 4.44. The predicted molar refractivity (Wildman–Crippen MR) is 51.4 cm³/mol.